The number of nitrogens with zero attached hydrogens (tertiary/aromatic N) is 1. The summed E-state index contributed by atoms with van der Waals surface area (Å²) in [6.07, 6.45) is 0. The molecule has 4 N–H and O–H groups in total. The lowest BCUT2D eigenvalue weighted by atomic mass is 10.1. The number of nitro benzene ring substituents is 1. The number of amides is 1. The molecule has 0 bridgehead atoms. The predicted molar refractivity (Wildman–Crippen MR) is 77.8 cm³/mol. The third kappa shape index (κ3) is 3.92. The zero-order valence-corrected chi connectivity index (χ0v) is 11.8. The van der Waals surface area contributed by atoms with Crippen LogP contribution in [0.3, 0.4) is 0 Å². The van der Waals surface area contributed by atoms with Crippen LogP contribution in [0.1, 0.15) is 24.2 Å². The molecule has 20 heavy (non-hydrogen) atoms. The van der Waals surface area contributed by atoms with Crippen molar-refractivity contribution in [3.05, 3.63) is 33.9 Å². The fourth-order valence-corrected chi connectivity index (χ4v) is 1.59. The van der Waals surface area contributed by atoms with Gasteiger partial charge in [-0.3, -0.25) is 14.9 Å². The summed E-state index contributed by atoms with van der Waals surface area (Å²) in [6, 6.07) is 4.07. The number of nitrogens with one attached hydrogen (secondary N) is 2. The maximum atomic E-state index is 11.6. The van der Waals surface area contributed by atoms with Crippen LogP contribution in [0.15, 0.2) is 18.2 Å². The number of hydrogen-bond donors (Lipinski definition) is 3. The van der Waals surface area contributed by atoms with Crippen LogP contribution in [0.25, 0.3) is 0 Å². The van der Waals surface area contributed by atoms with Gasteiger partial charge in [-0.15, -0.1) is 0 Å². The van der Waals surface area contributed by atoms with Gasteiger partial charge in [0, 0.05) is 31.3 Å². The highest BCUT2D eigenvalue weighted by Crippen LogP contribution is 2.25. The average molecular weight is 280 g/mol. The van der Waals surface area contributed by atoms with Crippen LogP contribution in [0, 0.1) is 16.0 Å². The van der Waals surface area contributed by atoms with Crippen molar-refractivity contribution in [1.29, 1.82) is 0 Å². The smallest absolute Gasteiger partial charge is 0.292 e. The van der Waals surface area contributed by atoms with Crippen molar-refractivity contribution in [1.82, 2.24) is 5.32 Å². The highest BCUT2D eigenvalue weighted by Gasteiger charge is 2.17. The van der Waals surface area contributed by atoms with Crippen molar-refractivity contribution in [3.8, 4) is 0 Å². The lowest BCUT2D eigenvalue weighted by molar-refractivity contribution is -0.384. The molecule has 7 nitrogen and oxygen atoms in total. The number of hydrogen-bond acceptors (Lipinski definition) is 5. The Hall–Kier alpha value is -2.15. The maximum Gasteiger partial charge on any atom is 0.292 e. The monoisotopic (exact) mass is 280 g/mol. The Bertz CT molecular complexity index is 502. The van der Waals surface area contributed by atoms with Crippen molar-refractivity contribution in [3.63, 3.8) is 0 Å². The van der Waals surface area contributed by atoms with Crippen molar-refractivity contribution >= 4 is 17.3 Å². The summed E-state index contributed by atoms with van der Waals surface area (Å²) in [6.45, 7) is 4.35. The van der Waals surface area contributed by atoms with Crippen LogP contribution < -0.4 is 16.4 Å². The van der Waals surface area contributed by atoms with Gasteiger partial charge in [-0.25, -0.2) is 0 Å². The van der Waals surface area contributed by atoms with E-state index in [1.165, 1.54) is 25.2 Å². The van der Waals surface area contributed by atoms with Crippen molar-refractivity contribution in [2.75, 3.05) is 18.9 Å². The third-order valence-electron chi connectivity index (χ3n) is 3.07. The standard InChI is InChI=1S/C13H20N4O3/c1-8(2)10(14)7-16-11-6-9(13(18)15-3)4-5-12(11)17(19)20/h4-6,8,10,16H,7,14H2,1-3H3,(H,15,18). The van der Waals surface area contributed by atoms with Gasteiger partial charge in [-0.1, -0.05) is 13.8 Å². The van der Waals surface area contributed by atoms with E-state index in [9.17, 15) is 14.9 Å². The van der Waals surface area contributed by atoms with Gasteiger partial charge in [0.05, 0.1) is 4.92 Å². The molecular weight excluding hydrogens is 260 g/mol. The van der Waals surface area contributed by atoms with E-state index in [4.69, 9.17) is 5.73 Å². The number of nitrogens with two attached hydrogens (primary N) is 1. The van der Waals surface area contributed by atoms with Crippen LogP contribution in [-0.2, 0) is 0 Å². The first-order chi connectivity index (χ1) is 9.36. The summed E-state index contributed by atoms with van der Waals surface area (Å²) in [5.74, 6) is -0.0419. The molecule has 110 valence electrons. The van der Waals surface area contributed by atoms with E-state index in [0.717, 1.165) is 0 Å². The Labute approximate surface area is 117 Å². The minimum Gasteiger partial charge on any atom is -0.378 e. The van der Waals surface area contributed by atoms with E-state index in [0.29, 0.717) is 17.8 Å². The Morgan fingerprint density at radius 1 is 1.45 bits per heavy atom. The third-order valence-corrected chi connectivity index (χ3v) is 3.07. The Morgan fingerprint density at radius 3 is 2.60 bits per heavy atom. The second-order valence-electron chi connectivity index (χ2n) is 4.86. The van der Waals surface area contributed by atoms with E-state index in [1.54, 1.807) is 0 Å². The molecule has 0 fully saturated rings. The fraction of sp³-hybridized carbons (Fsp3) is 0.462. The molecule has 0 saturated heterocycles. The highest BCUT2D eigenvalue weighted by atomic mass is 16.6. The molecule has 0 spiro atoms. The van der Waals surface area contributed by atoms with Crippen LogP contribution in [0.4, 0.5) is 11.4 Å². The molecular formula is C13H20N4O3. The molecule has 0 aliphatic carbocycles. The molecule has 0 radical (unpaired) electrons. The molecule has 1 amide bonds. The van der Waals surface area contributed by atoms with Crippen molar-refractivity contribution < 1.29 is 9.72 Å². The molecule has 7 heteroatoms. The summed E-state index contributed by atoms with van der Waals surface area (Å²) in [5.41, 5.74) is 6.49. The summed E-state index contributed by atoms with van der Waals surface area (Å²) >= 11 is 0. The first kappa shape index (κ1) is 15.9. The summed E-state index contributed by atoms with van der Waals surface area (Å²) in [5, 5.41) is 16.4. The van der Waals surface area contributed by atoms with Crippen LogP contribution in [0.5, 0.6) is 0 Å². The largest absolute Gasteiger partial charge is 0.378 e. The molecule has 0 aliphatic rings. The van der Waals surface area contributed by atoms with Gasteiger partial charge in [0.1, 0.15) is 5.69 Å². The topological polar surface area (TPSA) is 110 Å². The van der Waals surface area contributed by atoms with Gasteiger partial charge in [0.15, 0.2) is 0 Å². The number of rotatable bonds is 6. The Morgan fingerprint density at radius 2 is 2.10 bits per heavy atom. The van der Waals surface area contributed by atoms with Gasteiger partial charge < -0.3 is 16.4 Å². The van der Waals surface area contributed by atoms with Gasteiger partial charge >= 0.3 is 0 Å². The first-order valence-electron chi connectivity index (χ1n) is 6.36. The molecule has 0 saturated carbocycles. The minimum atomic E-state index is -0.489. The van der Waals surface area contributed by atoms with E-state index in [-0.39, 0.29) is 23.6 Å². The summed E-state index contributed by atoms with van der Waals surface area (Å²) < 4.78 is 0. The van der Waals surface area contributed by atoms with Crippen LogP contribution in [0.2, 0.25) is 0 Å². The van der Waals surface area contributed by atoms with Gasteiger partial charge in [0.2, 0.25) is 0 Å². The normalized spacial score (nSPS) is 12.1. The quantitative estimate of drug-likeness (QED) is 0.538. The van der Waals surface area contributed by atoms with Crippen LogP contribution in [-0.4, -0.2) is 30.5 Å². The number of benzene rings is 1. The van der Waals surface area contributed by atoms with Gasteiger partial charge in [-0.2, -0.15) is 0 Å². The minimum absolute atomic E-state index is 0.0754. The summed E-state index contributed by atoms with van der Waals surface area (Å²) in [7, 11) is 1.51. The number of carbonyl (C=O) groups excluding carboxylic acids is 1. The highest BCUT2D eigenvalue weighted by molar-refractivity contribution is 5.95. The summed E-state index contributed by atoms with van der Waals surface area (Å²) in [4.78, 5) is 22.1. The first-order valence-corrected chi connectivity index (χ1v) is 6.36. The zero-order valence-electron chi connectivity index (χ0n) is 11.8. The van der Waals surface area contributed by atoms with Gasteiger partial charge in [0.25, 0.3) is 11.6 Å². The van der Waals surface area contributed by atoms with E-state index in [1.807, 2.05) is 13.8 Å². The molecule has 0 aliphatic heterocycles. The van der Waals surface area contributed by atoms with Crippen molar-refractivity contribution in [2.24, 2.45) is 11.7 Å². The molecule has 0 aromatic heterocycles. The SMILES string of the molecule is CNC(=O)c1ccc([N+](=O)[O-])c(NCC(N)C(C)C)c1. The van der Waals surface area contributed by atoms with Crippen molar-refractivity contribution in [2.45, 2.75) is 19.9 Å². The lowest BCUT2D eigenvalue weighted by Gasteiger charge is -2.17. The predicted octanol–water partition coefficient (Wildman–Crippen LogP) is 1.35. The van der Waals surface area contributed by atoms with Gasteiger partial charge in [-0.05, 0) is 18.1 Å². The Kier molecular flexibility index (Phi) is 5.45. The molecule has 1 rings (SSSR count). The zero-order chi connectivity index (χ0) is 15.3. The molecule has 1 atom stereocenters. The molecule has 1 aromatic carbocycles. The fourth-order valence-electron chi connectivity index (χ4n) is 1.59. The van der Waals surface area contributed by atoms with Crippen LogP contribution >= 0.6 is 0 Å². The Balaban J connectivity index is 3.00. The second kappa shape index (κ2) is 6.85. The van der Waals surface area contributed by atoms with E-state index >= 15 is 0 Å². The molecule has 1 aromatic rings. The average Bonchev–Trinajstić information content (AvgIpc) is 2.43. The lowest BCUT2D eigenvalue weighted by Crippen LogP contribution is -2.34. The second-order valence-corrected chi connectivity index (χ2v) is 4.86. The molecule has 0 heterocycles. The molecule has 1 unspecified atom stereocenters. The van der Waals surface area contributed by atoms with E-state index in [2.05, 4.69) is 10.6 Å². The maximum absolute atomic E-state index is 11.6. The number of carbonyl (C=O) groups is 1. The number of nitro groups is 1. The number of anilines is 1. The van der Waals surface area contributed by atoms with E-state index < -0.39 is 4.92 Å².